The molecule has 8 nitrogen and oxygen atoms in total. The summed E-state index contributed by atoms with van der Waals surface area (Å²) in [5.41, 5.74) is -0.145. The third-order valence-corrected chi connectivity index (χ3v) is 5.07. The SMILES string of the molecule is CC(C)(Oc1ccc(C(=O)c2ccc(Cl)cc2)cc1)C(=O)OCCCCCCCON(O)O. The standard InChI is InChI=1S/C24H30ClNO7/c1-24(2,23(28)31-16-6-4-3-5-7-17-32-26(29)30)33-21-14-10-19(11-15-21)22(27)18-8-12-20(25)13-9-18/h8-15,29-30H,3-7,16-17H2,1-2H3. The number of unbranched alkanes of at least 4 members (excludes halogenated alkanes) is 4. The van der Waals surface area contributed by atoms with E-state index in [0.717, 1.165) is 25.7 Å². The number of rotatable bonds is 14. The topological polar surface area (TPSA) is 106 Å². The van der Waals surface area contributed by atoms with Gasteiger partial charge in [0.2, 0.25) is 0 Å². The van der Waals surface area contributed by atoms with Crippen molar-refractivity contribution in [2.45, 2.75) is 51.6 Å². The summed E-state index contributed by atoms with van der Waals surface area (Å²) < 4.78 is 11.1. The van der Waals surface area contributed by atoms with Gasteiger partial charge in [-0.2, -0.15) is 0 Å². The molecule has 0 atom stereocenters. The minimum absolute atomic E-state index is 0.131. The number of ether oxygens (including phenoxy) is 2. The molecule has 0 spiro atoms. The molecule has 0 saturated heterocycles. The van der Waals surface area contributed by atoms with E-state index in [-0.39, 0.29) is 24.4 Å². The number of halogens is 1. The summed E-state index contributed by atoms with van der Waals surface area (Å²) in [6.07, 6.45) is 4.07. The van der Waals surface area contributed by atoms with Crippen LogP contribution in [0.3, 0.4) is 0 Å². The van der Waals surface area contributed by atoms with Gasteiger partial charge in [0.25, 0.3) is 0 Å². The van der Waals surface area contributed by atoms with Crippen molar-refractivity contribution in [3.05, 3.63) is 64.7 Å². The summed E-state index contributed by atoms with van der Waals surface area (Å²) >= 11 is 5.86. The molecule has 2 aromatic rings. The summed E-state index contributed by atoms with van der Waals surface area (Å²) in [4.78, 5) is 29.4. The van der Waals surface area contributed by atoms with Crippen molar-refractivity contribution < 1.29 is 34.3 Å². The lowest BCUT2D eigenvalue weighted by atomic mass is 10.0. The first-order valence-corrected chi connectivity index (χ1v) is 11.1. The first kappa shape index (κ1) is 26.8. The van der Waals surface area contributed by atoms with Crippen LogP contribution in [0.4, 0.5) is 0 Å². The van der Waals surface area contributed by atoms with E-state index in [1.807, 2.05) is 0 Å². The Morgan fingerprint density at radius 3 is 1.94 bits per heavy atom. The summed E-state index contributed by atoms with van der Waals surface area (Å²) in [5, 5.41) is 17.1. The maximum absolute atomic E-state index is 12.5. The average Bonchev–Trinajstić information content (AvgIpc) is 2.78. The van der Waals surface area contributed by atoms with Crippen LogP contribution < -0.4 is 4.74 Å². The summed E-state index contributed by atoms with van der Waals surface area (Å²) in [6, 6.07) is 13.3. The van der Waals surface area contributed by atoms with Crippen LogP contribution in [-0.4, -0.2) is 46.4 Å². The fourth-order valence-corrected chi connectivity index (χ4v) is 3.12. The molecule has 0 saturated carbocycles. The van der Waals surface area contributed by atoms with E-state index in [9.17, 15) is 9.59 Å². The molecule has 0 aliphatic heterocycles. The molecule has 0 aromatic heterocycles. The molecule has 9 heteroatoms. The zero-order valence-corrected chi connectivity index (χ0v) is 19.6. The molecule has 0 heterocycles. The quantitative estimate of drug-likeness (QED) is 0.164. The van der Waals surface area contributed by atoms with Crippen molar-refractivity contribution in [2.24, 2.45) is 0 Å². The van der Waals surface area contributed by atoms with Crippen LogP contribution in [0.25, 0.3) is 0 Å². The highest BCUT2D eigenvalue weighted by Crippen LogP contribution is 2.22. The van der Waals surface area contributed by atoms with Crippen molar-refractivity contribution in [1.82, 2.24) is 5.39 Å². The minimum atomic E-state index is -1.18. The Labute approximate surface area is 198 Å². The predicted molar refractivity (Wildman–Crippen MR) is 121 cm³/mol. The van der Waals surface area contributed by atoms with Crippen molar-refractivity contribution >= 4 is 23.4 Å². The Morgan fingerprint density at radius 1 is 0.848 bits per heavy atom. The number of hydrogen-bond acceptors (Lipinski definition) is 8. The van der Waals surface area contributed by atoms with E-state index in [2.05, 4.69) is 4.84 Å². The molecule has 2 N–H and O–H groups in total. The van der Waals surface area contributed by atoms with Gasteiger partial charge >= 0.3 is 5.97 Å². The Hall–Kier alpha value is -2.49. The Bertz CT molecular complexity index is 883. The van der Waals surface area contributed by atoms with E-state index >= 15 is 0 Å². The lowest BCUT2D eigenvalue weighted by molar-refractivity contribution is -0.492. The Morgan fingerprint density at radius 2 is 1.36 bits per heavy atom. The highest BCUT2D eigenvalue weighted by molar-refractivity contribution is 6.30. The second-order valence-corrected chi connectivity index (χ2v) is 8.40. The first-order valence-electron chi connectivity index (χ1n) is 10.8. The van der Waals surface area contributed by atoms with Gasteiger partial charge in [-0.25, -0.2) is 4.79 Å². The van der Waals surface area contributed by atoms with Gasteiger partial charge in [0.1, 0.15) is 5.75 Å². The highest BCUT2D eigenvalue weighted by atomic mass is 35.5. The number of benzene rings is 2. The molecule has 0 amide bonds. The molecular weight excluding hydrogens is 450 g/mol. The van der Waals surface area contributed by atoms with E-state index in [1.165, 1.54) is 0 Å². The molecule has 0 fully saturated rings. The monoisotopic (exact) mass is 479 g/mol. The molecule has 0 aliphatic rings. The molecular formula is C24H30ClNO7. The third-order valence-electron chi connectivity index (χ3n) is 4.82. The number of carbonyl (C=O) groups is 2. The van der Waals surface area contributed by atoms with E-state index < -0.39 is 11.6 Å². The van der Waals surface area contributed by atoms with Crippen LogP contribution in [0.2, 0.25) is 5.02 Å². The third kappa shape index (κ3) is 9.49. The molecule has 0 aliphatic carbocycles. The predicted octanol–water partition coefficient (Wildman–Crippen LogP) is 5.23. The van der Waals surface area contributed by atoms with Gasteiger partial charge in [0.15, 0.2) is 11.4 Å². The molecule has 2 aromatic carbocycles. The van der Waals surface area contributed by atoms with Gasteiger partial charge in [0.05, 0.1) is 18.6 Å². The molecule has 2 rings (SSSR count). The van der Waals surface area contributed by atoms with E-state index in [0.29, 0.717) is 28.3 Å². The van der Waals surface area contributed by atoms with Crippen LogP contribution in [0.15, 0.2) is 48.5 Å². The highest BCUT2D eigenvalue weighted by Gasteiger charge is 2.31. The van der Waals surface area contributed by atoms with Crippen molar-refractivity contribution in [3.63, 3.8) is 0 Å². The van der Waals surface area contributed by atoms with Crippen molar-refractivity contribution in [1.29, 1.82) is 0 Å². The van der Waals surface area contributed by atoms with Gasteiger partial charge in [0, 0.05) is 16.1 Å². The van der Waals surface area contributed by atoms with Crippen LogP contribution in [-0.2, 0) is 14.4 Å². The second-order valence-electron chi connectivity index (χ2n) is 7.96. The first-order chi connectivity index (χ1) is 15.7. The maximum Gasteiger partial charge on any atom is 0.349 e. The van der Waals surface area contributed by atoms with Crippen LogP contribution in [0.5, 0.6) is 5.75 Å². The smallest absolute Gasteiger partial charge is 0.349 e. The second kappa shape index (κ2) is 13.3. The Balaban J connectivity index is 1.73. The van der Waals surface area contributed by atoms with Gasteiger partial charge < -0.3 is 9.47 Å². The summed E-state index contributed by atoms with van der Waals surface area (Å²) in [7, 11) is 0. The summed E-state index contributed by atoms with van der Waals surface area (Å²) in [6.45, 7) is 3.78. The molecule has 0 radical (unpaired) electrons. The van der Waals surface area contributed by atoms with Crippen molar-refractivity contribution in [2.75, 3.05) is 13.2 Å². The van der Waals surface area contributed by atoms with Gasteiger partial charge in [-0.3, -0.25) is 20.0 Å². The zero-order valence-electron chi connectivity index (χ0n) is 18.8. The minimum Gasteiger partial charge on any atom is -0.476 e. The number of ketones is 1. The van der Waals surface area contributed by atoms with E-state index in [1.54, 1.807) is 62.4 Å². The normalized spacial score (nSPS) is 11.5. The number of esters is 1. The van der Waals surface area contributed by atoms with Gasteiger partial charge in [-0.15, -0.1) is 0 Å². The number of nitrogens with zero attached hydrogens (tertiary/aromatic N) is 1. The van der Waals surface area contributed by atoms with Gasteiger partial charge in [-0.1, -0.05) is 30.9 Å². The molecule has 33 heavy (non-hydrogen) atoms. The van der Waals surface area contributed by atoms with Crippen LogP contribution in [0, 0.1) is 0 Å². The zero-order chi connectivity index (χ0) is 24.3. The summed E-state index contributed by atoms with van der Waals surface area (Å²) in [5.74, 6) is -0.146. The molecule has 180 valence electrons. The number of carbonyl (C=O) groups excluding carboxylic acids is 2. The largest absolute Gasteiger partial charge is 0.476 e. The maximum atomic E-state index is 12.5. The average molecular weight is 480 g/mol. The van der Waals surface area contributed by atoms with Crippen LogP contribution in [0.1, 0.15) is 61.9 Å². The Kier molecular flexibility index (Phi) is 10.8. The molecule has 0 unspecified atom stereocenters. The van der Waals surface area contributed by atoms with Crippen molar-refractivity contribution in [3.8, 4) is 5.75 Å². The molecule has 0 bridgehead atoms. The fraction of sp³-hybridized carbons (Fsp3) is 0.417. The van der Waals surface area contributed by atoms with Gasteiger partial charge in [-0.05, 0) is 75.2 Å². The number of hydrogen-bond donors (Lipinski definition) is 2. The van der Waals surface area contributed by atoms with E-state index in [4.69, 9.17) is 31.5 Å². The lowest BCUT2D eigenvalue weighted by Gasteiger charge is -2.24. The fourth-order valence-electron chi connectivity index (χ4n) is 3.00. The lowest BCUT2D eigenvalue weighted by Crippen LogP contribution is -2.39. The van der Waals surface area contributed by atoms with Crippen LogP contribution >= 0.6 is 11.6 Å².